The summed E-state index contributed by atoms with van der Waals surface area (Å²) in [6, 6.07) is 7.99. The van der Waals surface area contributed by atoms with Gasteiger partial charge < -0.3 is 24.8 Å². The summed E-state index contributed by atoms with van der Waals surface area (Å²) >= 11 is 0. The highest BCUT2D eigenvalue weighted by Crippen LogP contribution is 2.31. The molecule has 0 saturated heterocycles. The third kappa shape index (κ3) is 6.57. The Labute approximate surface area is 207 Å². The fourth-order valence-corrected chi connectivity index (χ4v) is 3.95. The van der Waals surface area contributed by atoms with Gasteiger partial charge in [0.25, 0.3) is 5.89 Å². The molecule has 0 fully saturated rings. The Bertz CT molecular complexity index is 1140. The number of pyridine rings is 1. The third-order valence-corrected chi connectivity index (χ3v) is 5.70. The van der Waals surface area contributed by atoms with Crippen LogP contribution in [0.25, 0.3) is 22.8 Å². The molecule has 9 nitrogen and oxygen atoms in total. The van der Waals surface area contributed by atoms with E-state index in [4.69, 9.17) is 9.26 Å². The van der Waals surface area contributed by atoms with Crippen molar-refractivity contribution in [1.82, 2.24) is 25.8 Å². The second-order valence-electron chi connectivity index (χ2n) is 8.31. The molecule has 3 aromatic rings. The highest BCUT2D eigenvalue weighted by Gasteiger charge is 2.17. The lowest BCUT2D eigenvalue weighted by molar-refractivity contribution is -0.120. The number of ether oxygens (including phenoxy) is 1. The average Bonchev–Trinajstić information content (AvgIpc) is 3.33. The predicted octanol–water partition coefficient (Wildman–Crippen LogP) is 3.54. The molecule has 0 bridgehead atoms. The minimum atomic E-state index is -0.0552. The molecule has 2 heterocycles. The number of aryl methyl sites for hydroxylation is 3. The molecule has 0 saturated carbocycles. The summed E-state index contributed by atoms with van der Waals surface area (Å²) in [5.74, 6) is 2.67. The first-order chi connectivity index (χ1) is 16.9. The van der Waals surface area contributed by atoms with Crippen molar-refractivity contribution < 1.29 is 14.1 Å². The van der Waals surface area contributed by atoms with Crippen LogP contribution < -0.4 is 20.3 Å². The third-order valence-electron chi connectivity index (χ3n) is 5.70. The molecule has 2 N–H and O–H groups in total. The molecular weight excluding hydrogens is 444 g/mol. The van der Waals surface area contributed by atoms with E-state index in [1.54, 1.807) is 7.05 Å². The van der Waals surface area contributed by atoms with E-state index in [2.05, 4.69) is 51.4 Å². The lowest BCUT2D eigenvalue weighted by Gasteiger charge is -2.20. The monoisotopic (exact) mass is 480 g/mol. The van der Waals surface area contributed by atoms with E-state index in [1.165, 1.54) is 0 Å². The molecule has 0 atom stereocenters. The van der Waals surface area contributed by atoms with E-state index in [9.17, 15) is 4.79 Å². The molecule has 0 unspecified atom stereocenters. The number of benzene rings is 1. The number of likely N-dealkylation sites (N-methyl/N-ethyl adjacent to an activating group) is 1. The minimum Gasteiger partial charge on any atom is -0.491 e. The normalized spacial score (nSPS) is 10.9. The zero-order valence-corrected chi connectivity index (χ0v) is 21.6. The van der Waals surface area contributed by atoms with Gasteiger partial charge in [0.15, 0.2) is 0 Å². The number of nitrogens with zero attached hydrogens (tertiary/aromatic N) is 4. The van der Waals surface area contributed by atoms with Crippen LogP contribution >= 0.6 is 0 Å². The number of carbonyl (C=O) groups is 1. The molecule has 0 radical (unpaired) electrons. The summed E-state index contributed by atoms with van der Waals surface area (Å²) in [6.45, 7) is 13.1. The van der Waals surface area contributed by atoms with Crippen LogP contribution in [-0.2, 0) is 11.2 Å². The van der Waals surface area contributed by atoms with E-state index >= 15 is 0 Å². The smallest absolute Gasteiger partial charge is 0.258 e. The van der Waals surface area contributed by atoms with Crippen LogP contribution in [0, 0.1) is 13.8 Å². The number of aromatic nitrogens is 3. The van der Waals surface area contributed by atoms with Crippen molar-refractivity contribution in [3.05, 3.63) is 41.1 Å². The van der Waals surface area contributed by atoms with Gasteiger partial charge in [-0.25, -0.2) is 4.98 Å². The van der Waals surface area contributed by atoms with Crippen LogP contribution in [0.1, 0.15) is 37.6 Å². The summed E-state index contributed by atoms with van der Waals surface area (Å²) < 4.78 is 11.7. The Morgan fingerprint density at radius 1 is 1.06 bits per heavy atom. The summed E-state index contributed by atoms with van der Waals surface area (Å²) in [6.07, 6.45) is 0.789. The molecule has 1 amide bonds. The maximum atomic E-state index is 11.6. The molecule has 35 heavy (non-hydrogen) atoms. The molecule has 0 aliphatic carbocycles. The number of carbonyl (C=O) groups excluding carboxylic acids is 1. The minimum absolute atomic E-state index is 0.0552. The van der Waals surface area contributed by atoms with Crippen LogP contribution in [-0.4, -0.2) is 60.9 Å². The van der Waals surface area contributed by atoms with E-state index in [0.717, 1.165) is 59.0 Å². The molecule has 3 rings (SSSR count). The standard InChI is InChI=1S/C26H36N6O3/c1-7-19-14-20(12-17(4)24(19)34-11-10-28-23(33)16-27-6)25-30-26(35-31-25)21-13-18(5)29-22(15-21)32(8-2)9-3/h12-15,27H,7-11,16H2,1-6H3,(H,28,33). The number of amides is 1. The van der Waals surface area contributed by atoms with Gasteiger partial charge in [0.05, 0.1) is 13.1 Å². The molecule has 1 aromatic carbocycles. The van der Waals surface area contributed by atoms with Gasteiger partial charge in [-0.2, -0.15) is 4.98 Å². The largest absolute Gasteiger partial charge is 0.491 e. The van der Waals surface area contributed by atoms with Crippen LogP contribution in [0.15, 0.2) is 28.8 Å². The maximum Gasteiger partial charge on any atom is 0.258 e. The Morgan fingerprint density at radius 2 is 1.83 bits per heavy atom. The zero-order valence-electron chi connectivity index (χ0n) is 21.6. The van der Waals surface area contributed by atoms with Crippen molar-refractivity contribution in [1.29, 1.82) is 0 Å². The zero-order chi connectivity index (χ0) is 25.4. The molecule has 0 aliphatic heterocycles. The van der Waals surface area contributed by atoms with Crippen molar-refractivity contribution in [2.45, 2.75) is 41.0 Å². The summed E-state index contributed by atoms with van der Waals surface area (Å²) in [7, 11) is 1.74. The Morgan fingerprint density at radius 3 is 2.51 bits per heavy atom. The molecule has 9 heteroatoms. The highest BCUT2D eigenvalue weighted by molar-refractivity contribution is 5.77. The van der Waals surface area contributed by atoms with Gasteiger partial charge in [-0.1, -0.05) is 12.1 Å². The second kappa shape index (κ2) is 12.3. The van der Waals surface area contributed by atoms with Crippen molar-refractivity contribution in [2.24, 2.45) is 0 Å². The Kier molecular flexibility index (Phi) is 9.19. The second-order valence-corrected chi connectivity index (χ2v) is 8.31. The Hall–Kier alpha value is -3.46. The van der Waals surface area contributed by atoms with Crippen molar-refractivity contribution >= 4 is 11.7 Å². The van der Waals surface area contributed by atoms with Crippen LogP contribution in [0.3, 0.4) is 0 Å². The number of rotatable bonds is 12. The Balaban J connectivity index is 1.80. The average molecular weight is 481 g/mol. The van der Waals surface area contributed by atoms with Gasteiger partial charge in [-0.05, 0) is 76.6 Å². The van der Waals surface area contributed by atoms with Crippen LogP contribution in [0.5, 0.6) is 5.75 Å². The van der Waals surface area contributed by atoms with Gasteiger partial charge in [-0.15, -0.1) is 0 Å². The van der Waals surface area contributed by atoms with Gasteiger partial charge in [0.1, 0.15) is 18.2 Å². The van der Waals surface area contributed by atoms with E-state index in [-0.39, 0.29) is 12.5 Å². The molecule has 2 aromatic heterocycles. The highest BCUT2D eigenvalue weighted by atomic mass is 16.5. The number of hydrogen-bond acceptors (Lipinski definition) is 8. The summed E-state index contributed by atoms with van der Waals surface area (Å²) in [4.78, 5) is 23.1. The topological polar surface area (TPSA) is 105 Å². The summed E-state index contributed by atoms with van der Waals surface area (Å²) in [5.41, 5.74) is 4.66. The lowest BCUT2D eigenvalue weighted by atomic mass is 10.0. The van der Waals surface area contributed by atoms with Crippen molar-refractivity contribution in [3.63, 3.8) is 0 Å². The summed E-state index contributed by atoms with van der Waals surface area (Å²) in [5, 5.41) is 9.90. The first kappa shape index (κ1) is 26.2. The van der Waals surface area contributed by atoms with Crippen molar-refractivity contribution in [3.8, 4) is 28.6 Å². The van der Waals surface area contributed by atoms with Crippen LogP contribution in [0.4, 0.5) is 5.82 Å². The number of hydrogen-bond donors (Lipinski definition) is 2. The fraction of sp³-hybridized carbons (Fsp3) is 0.462. The van der Waals surface area contributed by atoms with E-state index in [1.807, 2.05) is 38.1 Å². The predicted molar refractivity (Wildman–Crippen MR) is 138 cm³/mol. The maximum absolute atomic E-state index is 11.6. The van der Waals surface area contributed by atoms with Gasteiger partial charge in [0.2, 0.25) is 11.7 Å². The quantitative estimate of drug-likeness (QED) is 0.379. The molecular formula is C26H36N6O3. The van der Waals surface area contributed by atoms with E-state index < -0.39 is 0 Å². The fourth-order valence-electron chi connectivity index (χ4n) is 3.95. The van der Waals surface area contributed by atoms with Gasteiger partial charge >= 0.3 is 0 Å². The van der Waals surface area contributed by atoms with Crippen molar-refractivity contribution in [2.75, 3.05) is 44.7 Å². The SMILES string of the molecule is CCc1cc(-c2noc(-c3cc(C)nc(N(CC)CC)c3)n2)cc(C)c1OCCNC(=O)CNC. The molecule has 0 aliphatic rings. The number of nitrogens with one attached hydrogen (secondary N) is 2. The number of anilines is 1. The van der Waals surface area contributed by atoms with Crippen LogP contribution in [0.2, 0.25) is 0 Å². The first-order valence-electron chi connectivity index (χ1n) is 12.2. The molecule has 0 spiro atoms. The van der Waals surface area contributed by atoms with E-state index in [0.29, 0.717) is 24.9 Å². The molecule has 188 valence electrons. The first-order valence-corrected chi connectivity index (χ1v) is 12.2. The van der Waals surface area contributed by atoms with Gasteiger partial charge in [-0.3, -0.25) is 4.79 Å². The lowest BCUT2D eigenvalue weighted by Crippen LogP contribution is -2.34. The van der Waals surface area contributed by atoms with Gasteiger partial charge in [0, 0.05) is 29.9 Å².